The number of morpholine rings is 1. The summed E-state index contributed by atoms with van der Waals surface area (Å²) in [6.07, 6.45) is 5.04. The van der Waals surface area contributed by atoms with Crippen molar-refractivity contribution < 1.29 is 14.6 Å². The van der Waals surface area contributed by atoms with E-state index in [1.165, 1.54) is 0 Å². The molecular weight excluding hydrogens is 504 g/mol. The fourth-order valence-electron chi connectivity index (χ4n) is 4.62. The van der Waals surface area contributed by atoms with E-state index >= 15 is 0 Å². The Morgan fingerprint density at radius 1 is 1.12 bits per heavy atom. The van der Waals surface area contributed by atoms with E-state index in [0.717, 1.165) is 39.9 Å². The monoisotopic (exact) mass is 538 g/mol. The maximum absolute atomic E-state index is 12.3. The molecule has 0 aliphatic carbocycles. The normalized spacial score (nSPS) is 15.6. The first kappa shape index (κ1) is 27.3. The van der Waals surface area contributed by atoms with Gasteiger partial charge in [-0.3, -0.25) is 4.79 Å². The maximum atomic E-state index is 12.3. The van der Waals surface area contributed by atoms with Crippen LogP contribution in [0.1, 0.15) is 0 Å². The van der Waals surface area contributed by atoms with Crippen molar-refractivity contribution in [3.8, 4) is 11.1 Å². The van der Waals surface area contributed by atoms with Gasteiger partial charge in [-0.05, 0) is 56.1 Å². The van der Waals surface area contributed by atoms with Crippen molar-refractivity contribution in [1.82, 2.24) is 14.9 Å². The third kappa shape index (κ3) is 6.81. The number of benzene rings is 3. The molecule has 3 aromatic carbocycles. The van der Waals surface area contributed by atoms with Gasteiger partial charge in [0.05, 0.1) is 24.8 Å². The molecule has 0 spiro atoms. The third-order valence-corrected chi connectivity index (χ3v) is 6.62. The minimum Gasteiger partial charge on any atom is -0.394 e. The van der Waals surface area contributed by atoms with Crippen LogP contribution in [0.4, 0.5) is 23.0 Å². The summed E-state index contributed by atoms with van der Waals surface area (Å²) in [6.45, 7) is 2.77. The number of para-hydroxylation sites is 1. The number of carbonyl (C=O) groups is 1. The predicted octanol–water partition coefficient (Wildman–Crippen LogP) is 4.29. The number of carbonyl (C=O) groups excluding carboxylic acids is 1. The molecule has 9 heteroatoms. The van der Waals surface area contributed by atoms with E-state index in [9.17, 15) is 9.90 Å². The Bertz CT molecular complexity index is 1490. The number of fused-ring (bicyclic) bond motifs is 1. The van der Waals surface area contributed by atoms with E-state index in [0.29, 0.717) is 31.3 Å². The van der Waals surface area contributed by atoms with Crippen LogP contribution in [-0.4, -0.2) is 78.9 Å². The number of ether oxygens (including phenoxy) is 1. The lowest BCUT2D eigenvalue weighted by Gasteiger charge is -2.33. The number of likely N-dealkylation sites (N-methyl/N-ethyl adjacent to an activating group) is 1. The first-order valence-electron chi connectivity index (χ1n) is 13.3. The molecule has 40 heavy (non-hydrogen) atoms. The Labute approximate surface area is 234 Å². The fourth-order valence-corrected chi connectivity index (χ4v) is 4.62. The highest BCUT2D eigenvalue weighted by Gasteiger charge is 2.20. The molecule has 0 radical (unpaired) electrons. The number of amides is 1. The summed E-state index contributed by atoms with van der Waals surface area (Å²) in [5.74, 6) is 0.327. The molecule has 2 heterocycles. The van der Waals surface area contributed by atoms with E-state index in [-0.39, 0.29) is 18.6 Å². The Morgan fingerprint density at radius 3 is 2.75 bits per heavy atom. The zero-order valence-corrected chi connectivity index (χ0v) is 22.7. The van der Waals surface area contributed by atoms with Gasteiger partial charge < -0.3 is 30.3 Å². The second kappa shape index (κ2) is 12.7. The highest BCUT2D eigenvalue weighted by molar-refractivity contribution is 6.00. The van der Waals surface area contributed by atoms with Crippen LogP contribution in [-0.2, 0) is 9.53 Å². The van der Waals surface area contributed by atoms with Gasteiger partial charge in [0.2, 0.25) is 11.9 Å². The summed E-state index contributed by atoms with van der Waals surface area (Å²) in [7, 11) is 3.91. The smallest absolute Gasteiger partial charge is 0.248 e. The number of nitrogens with one attached hydrogen (secondary N) is 2. The molecule has 206 valence electrons. The van der Waals surface area contributed by atoms with E-state index in [1.807, 2.05) is 98.0 Å². The standard InChI is InChI=1S/C31H34N6O3/c1-36(2)15-5-10-29(39)33-25-8-3-6-22(18-25)28-9-4-7-23-19-32-31(35-30(23)28)34-24-11-13-26(14-12-24)37-16-17-40-27(20-37)21-38/h3-14,18-19,27,38H,15-17,20-21H2,1-2H3,(H,33,39)(H,32,34,35)/b10-5+. The van der Waals surface area contributed by atoms with E-state index < -0.39 is 0 Å². The lowest BCUT2D eigenvalue weighted by Crippen LogP contribution is -2.44. The Morgan fingerprint density at radius 2 is 1.95 bits per heavy atom. The average Bonchev–Trinajstić information content (AvgIpc) is 2.97. The third-order valence-electron chi connectivity index (χ3n) is 6.62. The number of hydrogen-bond acceptors (Lipinski definition) is 8. The largest absolute Gasteiger partial charge is 0.394 e. The fraction of sp³-hybridized carbons (Fsp3) is 0.258. The Balaban J connectivity index is 1.33. The molecule has 1 aliphatic rings. The molecule has 3 N–H and O–H groups in total. The van der Waals surface area contributed by atoms with Crippen molar-refractivity contribution in [3.63, 3.8) is 0 Å². The predicted molar refractivity (Wildman–Crippen MR) is 160 cm³/mol. The first-order valence-corrected chi connectivity index (χ1v) is 13.3. The number of rotatable bonds is 9. The summed E-state index contributed by atoms with van der Waals surface area (Å²) in [4.78, 5) is 25.9. The maximum Gasteiger partial charge on any atom is 0.248 e. The molecule has 1 atom stereocenters. The van der Waals surface area contributed by atoms with Crippen molar-refractivity contribution in [2.45, 2.75) is 6.10 Å². The van der Waals surface area contributed by atoms with Crippen LogP contribution >= 0.6 is 0 Å². The molecule has 4 aromatic rings. The van der Waals surface area contributed by atoms with Gasteiger partial charge >= 0.3 is 0 Å². The van der Waals surface area contributed by atoms with Crippen LogP contribution in [0, 0.1) is 0 Å². The molecule has 1 fully saturated rings. The lowest BCUT2D eigenvalue weighted by molar-refractivity contribution is -0.111. The zero-order chi connectivity index (χ0) is 27.9. The minimum absolute atomic E-state index is 0.0186. The molecule has 1 unspecified atom stereocenters. The molecule has 1 saturated heterocycles. The Kier molecular flexibility index (Phi) is 8.65. The van der Waals surface area contributed by atoms with Crippen molar-refractivity contribution in [1.29, 1.82) is 0 Å². The van der Waals surface area contributed by atoms with E-state index in [2.05, 4.69) is 20.5 Å². The zero-order valence-electron chi connectivity index (χ0n) is 22.7. The molecule has 1 amide bonds. The van der Waals surface area contributed by atoms with Gasteiger partial charge in [0.15, 0.2) is 0 Å². The van der Waals surface area contributed by atoms with Gasteiger partial charge in [0, 0.05) is 59.9 Å². The van der Waals surface area contributed by atoms with Gasteiger partial charge in [-0.15, -0.1) is 0 Å². The second-order valence-electron chi connectivity index (χ2n) is 9.96. The summed E-state index contributed by atoms with van der Waals surface area (Å²) in [5, 5.41) is 16.6. The van der Waals surface area contributed by atoms with Crippen LogP contribution in [0.25, 0.3) is 22.0 Å². The summed E-state index contributed by atoms with van der Waals surface area (Å²) in [6, 6.07) is 21.8. The van der Waals surface area contributed by atoms with Gasteiger partial charge in [0.1, 0.15) is 0 Å². The molecule has 9 nitrogen and oxygen atoms in total. The minimum atomic E-state index is -0.168. The number of anilines is 4. The average molecular weight is 539 g/mol. The molecule has 0 bridgehead atoms. The van der Waals surface area contributed by atoms with Crippen LogP contribution < -0.4 is 15.5 Å². The van der Waals surface area contributed by atoms with Gasteiger partial charge in [-0.25, -0.2) is 9.97 Å². The number of aliphatic hydroxyl groups excluding tert-OH is 1. The van der Waals surface area contributed by atoms with Crippen molar-refractivity contribution in [3.05, 3.63) is 85.1 Å². The van der Waals surface area contributed by atoms with E-state index in [1.54, 1.807) is 6.08 Å². The molecule has 1 aliphatic heterocycles. The SMILES string of the molecule is CN(C)C/C=C/C(=O)Nc1cccc(-c2cccc3cnc(Nc4ccc(N5CCOC(CO)C5)cc4)nc23)c1. The van der Waals surface area contributed by atoms with Crippen molar-refractivity contribution in [2.75, 3.05) is 62.5 Å². The first-order chi connectivity index (χ1) is 19.5. The van der Waals surface area contributed by atoms with Crippen LogP contribution in [0.15, 0.2) is 85.1 Å². The molecular formula is C31H34N6O3. The van der Waals surface area contributed by atoms with Gasteiger partial charge in [-0.2, -0.15) is 0 Å². The number of aliphatic hydroxyl groups is 1. The highest BCUT2D eigenvalue weighted by Crippen LogP contribution is 2.30. The van der Waals surface area contributed by atoms with Crippen LogP contribution in [0.2, 0.25) is 0 Å². The second-order valence-corrected chi connectivity index (χ2v) is 9.96. The lowest BCUT2D eigenvalue weighted by atomic mass is 10.0. The van der Waals surface area contributed by atoms with Gasteiger partial charge in [0.25, 0.3) is 0 Å². The molecule has 0 saturated carbocycles. The van der Waals surface area contributed by atoms with E-state index in [4.69, 9.17) is 9.72 Å². The van der Waals surface area contributed by atoms with Crippen molar-refractivity contribution >= 4 is 39.8 Å². The summed E-state index contributed by atoms with van der Waals surface area (Å²) < 4.78 is 5.56. The van der Waals surface area contributed by atoms with Crippen LogP contribution in [0.5, 0.6) is 0 Å². The number of nitrogens with zero attached hydrogens (tertiary/aromatic N) is 4. The summed E-state index contributed by atoms with van der Waals surface area (Å²) >= 11 is 0. The topological polar surface area (TPSA) is 103 Å². The molecule has 5 rings (SSSR count). The Hall–Kier alpha value is -4.31. The van der Waals surface area contributed by atoms with Crippen LogP contribution in [0.3, 0.4) is 0 Å². The van der Waals surface area contributed by atoms with Crippen molar-refractivity contribution in [2.24, 2.45) is 0 Å². The quantitative estimate of drug-likeness (QED) is 0.271. The van der Waals surface area contributed by atoms with Gasteiger partial charge in [-0.1, -0.05) is 36.4 Å². The summed E-state index contributed by atoms with van der Waals surface area (Å²) in [5.41, 5.74) is 5.37. The number of aromatic nitrogens is 2. The number of hydrogen-bond donors (Lipinski definition) is 3. The molecule has 1 aromatic heterocycles. The highest BCUT2D eigenvalue weighted by atomic mass is 16.5.